The lowest BCUT2D eigenvalue weighted by Crippen LogP contribution is -2.46. The van der Waals surface area contributed by atoms with Crippen molar-refractivity contribution >= 4 is 11.3 Å². The molecule has 3 rings (SSSR count). The number of rotatable bonds is 1. The van der Waals surface area contributed by atoms with Gasteiger partial charge in [0.15, 0.2) is 0 Å². The zero-order valence-corrected chi connectivity index (χ0v) is 9.89. The first-order valence-corrected chi connectivity index (χ1v) is 6.54. The molecule has 3 nitrogen and oxygen atoms in total. The second kappa shape index (κ2) is 3.27. The Morgan fingerprint density at radius 2 is 2.47 bits per heavy atom. The number of nitrogens with zero attached hydrogens (tertiary/aromatic N) is 2. The number of nitrogens with two attached hydrogens (primary N) is 1. The summed E-state index contributed by atoms with van der Waals surface area (Å²) in [5, 5.41) is 3.26. The molecule has 2 aliphatic heterocycles. The highest BCUT2D eigenvalue weighted by atomic mass is 32.1. The quantitative estimate of drug-likeness (QED) is 0.784. The molecule has 0 radical (unpaired) electrons. The summed E-state index contributed by atoms with van der Waals surface area (Å²) < 4.78 is 0. The molecule has 2 N–H and O–H groups in total. The van der Waals surface area contributed by atoms with E-state index in [-0.39, 0.29) is 5.54 Å². The van der Waals surface area contributed by atoms with Crippen LogP contribution in [0.25, 0.3) is 0 Å². The standard InChI is InChI=1S/C11H17N3S/c1-8-7-15-10(13-8)11(12)4-6-14-5-2-3-9(11)14/h7,9H,2-6,12H2,1H3. The van der Waals surface area contributed by atoms with E-state index in [2.05, 4.69) is 15.3 Å². The fraction of sp³-hybridized carbons (Fsp3) is 0.727. The molecule has 15 heavy (non-hydrogen) atoms. The van der Waals surface area contributed by atoms with E-state index in [4.69, 9.17) is 5.73 Å². The van der Waals surface area contributed by atoms with Gasteiger partial charge in [0.05, 0.1) is 5.54 Å². The molecule has 2 unspecified atom stereocenters. The highest BCUT2D eigenvalue weighted by Gasteiger charge is 2.49. The zero-order chi connectivity index (χ0) is 10.5. The van der Waals surface area contributed by atoms with Crippen LogP contribution in [0.4, 0.5) is 0 Å². The first-order chi connectivity index (χ1) is 7.20. The van der Waals surface area contributed by atoms with Crippen molar-refractivity contribution in [3.8, 4) is 0 Å². The van der Waals surface area contributed by atoms with E-state index in [1.807, 2.05) is 6.92 Å². The molecule has 0 spiro atoms. The lowest BCUT2D eigenvalue weighted by Gasteiger charge is -2.29. The second-order valence-corrected chi connectivity index (χ2v) is 5.64. The number of aromatic nitrogens is 1. The van der Waals surface area contributed by atoms with Gasteiger partial charge >= 0.3 is 0 Å². The van der Waals surface area contributed by atoms with Crippen molar-refractivity contribution in [1.29, 1.82) is 0 Å². The van der Waals surface area contributed by atoms with Crippen molar-refractivity contribution in [3.63, 3.8) is 0 Å². The molecular weight excluding hydrogens is 206 g/mol. The van der Waals surface area contributed by atoms with Crippen LogP contribution in [-0.2, 0) is 5.54 Å². The van der Waals surface area contributed by atoms with Crippen LogP contribution in [0.15, 0.2) is 5.38 Å². The van der Waals surface area contributed by atoms with Gasteiger partial charge in [-0.3, -0.25) is 4.90 Å². The molecule has 0 aromatic carbocycles. The molecule has 1 aromatic heterocycles. The number of thiazole rings is 1. The lowest BCUT2D eigenvalue weighted by molar-refractivity contribution is 0.265. The topological polar surface area (TPSA) is 42.1 Å². The van der Waals surface area contributed by atoms with Gasteiger partial charge in [0.25, 0.3) is 0 Å². The monoisotopic (exact) mass is 223 g/mol. The van der Waals surface area contributed by atoms with Gasteiger partial charge < -0.3 is 5.73 Å². The van der Waals surface area contributed by atoms with Gasteiger partial charge in [-0.1, -0.05) is 0 Å². The molecule has 82 valence electrons. The Hall–Kier alpha value is -0.450. The van der Waals surface area contributed by atoms with Gasteiger partial charge in [0, 0.05) is 23.7 Å². The fourth-order valence-electron chi connectivity index (χ4n) is 2.99. The molecule has 2 fully saturated rings. The van der Waals surface area contributed by atoms with E-state index < -0.39 is 0 Å². The molecule has 3 heterocycles. The maximum atomic E-state index is 6.59. The average Bonchev–Trinajstić information content (AvgIpc) is 2.85. The minimum atomic E-state index is -0.157. The summed E-state index contributed by atoms with van der Waals surface area (Å²) in [7, 11) is 0. The van der Waals surface area contributed by atoms with Crippen molar-refractivity contribution < 1.29 is 0 Å². The third-order valence-corrected chi connectivity index (χ3v) is 4.94. The minimum Gasteiger partial charge on any atom is -0.318 e. The molecule has 2 atom stereocenters. The van der Waals surface area contributed by atoms with E-state index >= 15 is 0 Å². The maximum Gasteiger partial charge on any atom is 0.114 e. The summed E-state index contributed by atoms with van der Waals surface area (Å²) in [6.45, 7) is 4.43. The highest BCUT2D eigenvalue weighted by molar-refractivity contribution is 7.09. The molecule has 1 aromatic rings. The van der Waals surface area contributed by atoms with Crippen LogP contribution in [0.2, 0.25) is 0 Å². The number of hydrogen-bond acceptors (Lipinski definition) is 4. The van der Waals surface area contributed by atoms with Gasteiger partial charge in [-0.15, -0.1) is 11.3 Å². The Balaban J connectivity index is 1.96. The minimum absolute atomic E-state index is 0.157. The summed E-state index contributed by atoms with van der Waals surface area (Å²) >= 11 is 1.73. The zero-order valence-electron chi connectivity index (χ0n) is 9.07. The van der Waals surface area contributed by atoms with Crippen LogP contribution in [-0.4, -0.2) is 29.0 Å². The molecule has 0 amide bonds. The molecule has 2 saturated heterocycles. The van der Waals surface area contributed by atoms with Crippen LogP contribution in [0.3, 0.4) is 0 Å². The summed E-state index contributed by atoms with van der Waals surface area (Å²) in [6.07, 6.45) is 3.62. The third kappa shape index (κ3) is 1.35. The maximum absolute atomic E-state index is 6.59. The third-order valence-electron chi connectivity index (χ3n) is 3.79. The number of aryl methyl sites for hydroxylation is 1. The molecule has 2 aliphatic rings. The van der Waals surface area contributed by atoms with Crippen molar-refractivity contribution in [2.24, 2.45) is 5.73 Å². The van der Waals surface area contributed by atoms with Gasteiger partial charge in [-0.25, -0.2) is 4.98 Å². The predicted molar refractivity (Wildman–Crippen MR) is 61.9 cm³/mol. The predicted octanol–water partition coefficient (Wildman–Crippen LogP) is 1.47. The Bertz CT molecular complexity index is 376. The van der Waals surface area contributed by atoms with Gasteiger partial charge in [-0.2, -0.15) is 0 Å². The smallest absolute Gasteiger partial charge is 0.114 e. The highest BCUT2D eigenvalue weighted by Crippen LogP contribution is 2.41. The summed E-state index contributed by atoms with van der Waals surface area (Å²) in [5.74, 6) is 0. The van der Waals surface area contributed by atoms with E-state index in [9.17, 15) is 0 Å². The Morgan fingerprint density at radius 3 is 3.20 bits per heavy atom. The van der Waals surface area contributed by atoms with Crippen molar-refractivity contribution in [1.82, 2.24) is 9.88 Å². The Morgan fingerprint density at radius 1 is 1.60 bits per heavy atom. The van der Waals surface area contributed by atoms with E-state index in [1.54, 1.807) is 11.3 Å². The van der Waals surface area contributed by atoms with E-state index in [1.165, 1.54) is 19.4 Å². The van der Waals surface area contributed by atoms with Crippen molar-refractivity contribution in [2.45, 2.75) is 37.8 Å². The number of hydrogen-bond donors (Lipinski definition) is 1. The van der Waals surface area contributed by atoms with Crippen LogP contribution >= 0.6 is 11.3 Å². The Labute approximate surface area is 94.3 Å². The lowest BCUT2D eigenvalue weighted by atomic mass is 9.90. The van der Waals surface area contributed by atoms with Crippen molar-refractivity contribution in [3.05, 3.63) is 16.1 Å². The molecular formula is C11H17N3S. The molecule has 4 heteroatoms. The van der Waals surface area contributed by atoms with Crippen molar-refractivity contribution in [2.75, 3.05) is 13.1 Å². The largest absolute Gasteiger partial charge is 0.318 e. The SMILES string of the molecule is Cc1csc(C2(N)CCN3CCCC32)n1. The van der Waals surface area contributed by atoms with Gasteiger partial charge in [0.2, 0.25) is 0 Å². The van der Waals surface area contributed by atoms with Crippen LogP contribution < -0.4 is 5.73 Å². The number of fused-ring (bicyclic) bond motifs is 1. The van der Waals surface area contributed by atoms with E-state index in [0.29, 0.717) is 6.04 Å². The molecule has 0 bridgehead atoms. The first-order valence-electron chi connectivity index (χ1n) is 5.66. The normalized spacial score (nSPS) is 36.0. The molecule has 0 saturated carbocycles. The summed E-state index contributed by atoms with van der Waals surface area (Å²) in [4.78, 5) is 7.13. The van der Waals surface area contributed by atoms with Crippen LogP contribution in [0.5, 0.6) is 0 Å². The summed E-state index contributed by atoms with van der Waals surface area (Å²) in [5.41, 5.74) is 7.54. The van der Waals surface area contributed by atoms with Gasteiger partial charge in [-0.05, 0) is 32.7 Å². The fourth-order valence-corrected chi connectivity index (χ4v) is 3.98. The Kier molecular flexibility index (Phi) is 2.13. The van der Waals surface area contributed by atoms with Gasteiger partial charge in [0.1, 0.15) is 5.01 Å². The first kappa shape index (κ1) is 9.75. The van der Waals surface area contributed by atoms with E-state index in [0.717, 1.165) is 23.7 Å². The van der Waals surface area contributed by atoms with Crippen LogP contribution in [0.1, 0.15) is 30.0 Å². The molecule has 0 aliphatic carbocycles. The van der Waals surface area contributed by atoms with Crippen LogP contribution in [0, 0.1) is 6.92 Å². The second-order valence-electron chi connectivity index (χ2n) is 4.78. The summed E-state index contributed by atoms with van der Waals surface area (Å²) in [6, 6.07) is 0.544. The average molecular weight is 223 g/mol.